The first kappa shape index (κ1) is 13.9. The maximum absolute atomic E-state index is 9.00. The molecule has 0 rings (SSSR count). The van der Waals surface area contributed by atoms with E-state index >= 15 is 0 Å². The van der Waals surface area contributed by atoms with E-state index in [2.05, 4.69) is 39.9 Å². The zero-order valence-corrected chi connectivity index (χ0v) is 10.4. The van der Waals surface area contributed by atoms with E-state index in [0.717, 1.165) is 5.92 Å². The van der Waals surface area contributed by atoms with Crippen molar-refractivity contribution in [3.63, 3.8) is 0 Å². The van der Waals surface area contributed by atoms with Crippen LogP contribution in [0.15, 0.2) is 0 Å². The Morgan fingerprint density at radius 2 is 1.57 bits per heavy atom. The lowest BCUT2D eigenvalue weighted by Gasteiger charge is -2.24. The van der Waals surface area contributed by atoms with Gasteiger partial charge in [0.2, 0.25) is 0 Å². The predicted molar refractivity (Wildman–Crippen MR) is 62.4 cm³/mol. The molecule has 0 aromatic rings. The highest BCUT2D eigenvalue weighted by Crippen LogP contribution is 2.09. The Morgan fingerprint density at radius 1 is 1.00 bits per heavy atom. The Bertz CT molecular complexity index is 136. The van der Waals surface area contributed by atoms with Crippen LogP contribution in [0.3, 0.4) is 0 Å². The summed E-state index contributed by atoms with van der Waals surface area (Å²) in [6.45, 7) is 11.2. The van der Waals surface area contributed by atoms with Gasteiger partial charge in [0.15, 0.2) is 0 Å². The molecule has 0 spiro atoms. The lowest BCUT2D eigenvalue weighted by molar-refractivity contribution is 0.200. The van der Waals surface area contributed by atoms with Crippen molar-refractivity contribution in [1.29, 1.82) is 0 Å². The van der Waals surface area contributed by atoms with E-state index in [1.54, 1.807) is 0 Å². The van der Waals surface area contributed by atoms with Gasteiger partial charge < -0.3 is 10.4 Å². The molecule has 2 nitrogen and oxygen atoms in total. The Labute approximate surface area is 89.1 Å². The van der Waals surface area contributed by atoms with Gasteiger partial charge in [0.05, 0.1) is 0 Å². The van der Waals surface area contributed by atoms with Crippen molar-refractivity contribution in [3.05, 3.63) is 0 Å². The summed E-state index contributed by atoms with van der Waals surface area (Å²) < 4.78 is 0. The fourth-order valence-corrected chi connectivity index (χ4v) is 1.44. The minimum atomic E-state index is 0.269. The number of nitrogens with one attached hydrogen (secondary N) is 1. The highest BCUT2D eigenvalue weighted by molar-refractivity contribution is 4.72. The van der Waals surface area contributed by atoms with Crippen molar-refractivity contribution >= 4 is 0 Å². The molecule has 0 aliphatic heterocycles. The zero-order valence-electron chi connectivity index (χ0n) is 10.4. The lowest BCUT2D eigenvalue weighted by Crippen LogP contribution is -2.39. The summed E-state index contributed by atoms with van der Waals surface area (Å²) >= 11 is 0. The highest BCUT2D eigenvalue weighted by atomic mass is 16.3. The maximum Gasteiger partial charge on any atom is 0.0471 e. The molecule has 86 valence electrons. The molecule has 0 fully saturated rings. The molecule has 0 saturated heterocycles. The number of rotatable bonds is 7. The van der Waals surface area contributed by atoms with Crippen LogP contribution in [0.4, 0.5) is 0 Å². The molecule has 0 unspecified atom stereocenters. The maximum atomic E-state index is 9.00. The molecule has 0 radical (unpaired) electrons. The van der Waals surface area contributed by atoms with Gasteiger partial charge in [-0.05, 0) is 38.5 Å². The number of aliphatic hydroxyl groups is 1. The Balaban J connectivity index is 3.65. The normalized spacial score (nSPS) is 18.2. The van der Waals surface area contributed by atoms with Crippen molar-refractivity contribution in [2.45, 2.75) is 59.5 Å². The number of hydrogen-bond donors (Lipinski definition) is 2. The van der Waals surface area contributed by atoms with Crippen LogP contribution in [0.2, 0.25) is 0 Å². The molecule has 0 saturated carbocycles. The van der Waals surface area contributed by atoms with Gasteiger partial charge in [0.1, 0.15) is 0 Å². The van der Waals surface area contributed by atoms with Gasteiger partial charge in [-0.15, -0.1) is 0 Å². The topological polar surface area (TPSA) is 32.3 Å². The zero-order chi connectivity index (χ0) is 11.1. The average Bonchev–Trinajstić information content (AvgIpc) is 2.13. The van der Waals surface area contributed by atoms with Crippen molar-refractivity contribution in [2.75, 3.05) is 6.61 Å². The van der Waals surface area contributed by atoms with Gasteiger partial charge in [0, 0.05) is 18.7 Å². The summed E-state index contributed by atoms with van der Waals surface area (Å²) in [6.07, 6.45) is 2.49. The van der Waals surface area contributed by atoms with E-state index in [1.807, 2.05) is 0 Å². The molecule has 2 heteroatoms. The predicted octanol–water partition coefficient (Wildman–Crippen LogP) is 2.42. The Hall–Kier alpha value is -0.0800. The van der Waals surface area contributed by atoms with E-state index in [9.17, 15) is 0 Å². The van der Waals surface area contributed by atoms with E-state index < -0.39 is 0 Å². The molecule has 0 aromatic carbocycles. The van der Waals surface area contributed by atoms with Crippen molar-refractivity contribution in [2.24, 2.45) is 11.8 Å². The average molecular weight is 201 g/mol. The molecular formula is C12H27NO. The monoisotopic (exact) mass is 201 g/mol. The second kappa shape index (κ2) is 7.24. The fourth-order valence-electron chi connectivity index (χ4n) is 1.44. The molecule has 0 amide bonds. The molecule has 0 aromatic heterocycles. The minimum Gasteiger partial charge on any atom is -0.396 e. The minimum absolute atomic E-state index is 0.269. The Kier molecular flexibility index (Phi) is 7.20. The lowest BCUT2D eigenvalue weighted by atomic mass is 10.0. The van der Waals surface area contributed by atoms with Crippen LogP contribution in [0.5, 0.6) is 0 Å². The largest absolute Gasteiger partial charge is 0.396 e. The van der Waals surface area contributed by atoms with Gasteiger partial charge in [-0.3, -0.25) is 0 Å². The van der Waals surface area contributed by atoms with Gasteiger partial charge in [-0.25, -0.2) is 0 Å². The van der Waals surface area contributed by atoms with E-state index in [-0.39, 0.29) is 6.61 Å². The summed E-state index contributed by atoms with van der Waals surface area (Å²) in [7, 11) is 0. The standard InChI is InChI=1S/C12H27NO/c1-9(2)6-7-11(4)13-12(5)10(3)8-14/h9-14H,6-8H2,1-5H3/t10-,11-,12-/m0/s1. The van der Waals surface area contributed by atoms with Gasteiger partial charge in [-0.2, -0.15) is 0 Å². The summed E-state index contributed by atoms with van der Waals surface area (Å²) in [5.74, 6) is 1.13. The summed E-state index contributed by atoms with van der Waals surface area (Å²) in [6, 6.07) is 0.962. The van der Waals surface area contributed by atoms with E-state index in [4.69, 9.17) is 5.11 Å². The second-order valence-corrected chi connectivity index (χ2v) is 4.99. The van der Waals surface area contributed by atoms with Gasteiger partial charge in [0.25, 0.3) is 0 Å². The molecule has 0 aliphatic rings. The van der Waals surface area contributed by atoms with Crippen LogP contribution in [0.25, 0.3) is 0 Å². The smallest absolute Gasteiger partial charge is 0.0471 e. The van der Waals surface area contributed by atoms with E-state index in [0.29, 0.717) is 18.0 Å². The SMILES string of the molecule is CC(C)CC[C@H](C)N[C@@H](C)[C@@H](C)CO. The molecule has 0 bridgehead atoms. The second-order valence-electron chi connectivity index (χ2n) is 4.99. The van der Waals surface area contributed by atoms with Crippen LogP contribution in [0.1, 0.15) is 47.5 Å². The molecule has 14 heavy (non-hydrogen) atoms. The van der Waals surface area contributed by atoms with Crippen molar-refractivity contribution in [1.82, 2.24) is 5.32 Å². The van der Waals surface area contributed by atoms with Crippen LogP contribution >= 0.6 is 0 Å². The number of hydrogen-bond acceptors (Lipinski definition) is 2. The van der Waals surface area contributed by atoms with Crippen molar-refractivity contribution < 1.29 is 5.11 Å². The van der Waals surface area contributed by atoms with E-state index in [1.165, 1.54) is 12.8 Å². The fraction of sp³-hybridized carbons (Fsp3) is 1.00. The molecule has 2 N–H and O–H groups in total. The Morgan fingerprint density at radius 3 is 2.00 bits per heavy atom. The molecular weight excluding hydrogens is 174 g/mol. The molecule has 3 atom stereocenters. The third-order valence-corrected chi connectivity index (χ3v) is 2.87. The third kappa shape index (κ3) is 6.39. The highest BCUT2D eigenvalue weighted by Gasteiger charge is 2.13. The van der Waals surface area contributed by atoms with Crippen LogP contribution < -0.4 is 5.32 Å². The summed E-state index contributed by atoms with van der Waals surface area (Å²) in [5, 5.41) is 12.5. The first-order valence-corrected chi connectivity index (χ1v) is 5.84. The van der Waals surface area contributed by atoms with Gasteiger partial charge >= 0.3 is 0 Å². The first-order valence-electron chi connectivity index (χ1n) is 5.84. The van der Waals surface area contributed by atoms with Gasteiger partial charge in [-0.1, -0.05) is 20.8 Å². The van der Waals surface area contributed by atoms with Crippen LogP contribution in [-0.4, -0.2) is 23.8 Å². The number of aliphatic hydroxyl groups excluding tert-OH is 1. The van der Waals surface area contributed by atoms with Crippen LogP contribution in [0, 0.1) is 11.8 Å². The molecule has 0 heterocycles. The van der Waals surface area contributed by atoms with Crippen molar-refractivity contribution in [3.8, 4) is 0 Å². The summed E-state index contributed by atoms with van der Waals surface area (Å²) in [5.41, 5.74) is 0. The summed E-state index contributed by atoms with van der Waals surface area (Å²) in [4.78, 5) is 0. The third-order valence-electron chi connectivity index (χ3n) is 2.87. The quantitative estimate of drug-likeness (QED) is 0.663. The van der Waals surface area contributed by atoms with Crippen LogP contribution in [-0.2, 0) is 0 Å². The first-order chi connectivity index (χ1) is 6.47. The molecule has 0 aliphatic carbocycles.